The fraction of sp³-hybridized carbons (Fsp3) is 0.238. The van der Waals surface area contributed by atoms with Crippen LogP contribution in [0, 0.1) is 20.8 Å². The molecule has 0 spiro atoms. The Hall–Kier alpha value is -2.17. The van der Waals surface area contributed by atoms with Gasteiger partial charge in [-0.15, -0.1) is 6.58 Å². The predicted molar refractivity (Wildman–Crippen MR) is 110 cm³/mol. The van der Waals surface area contributed by atoms with Gasteiger partial charge in [0.15, 0.2) is 4.80 Å². The molecule has 0 aliphatic heterocycles. The highest BCUT2D eigenvalue weighted by Gasteiger charge is 2.11. The molecule has 2 aromatic carbocycles. The molecule has 0 unspecified atom stereocenters. The lowest BCUT2D eigenvalue weighted by molar-refractivity contribution is -0.117. The molecule has 3 aromatic rings. The number of allylic oxidation sites excluding steroid dienone is 1. The van der Waals surface area contributed by atoms with E-state index in [2.05, 4.69) is 30.6 Å². The van der Waals surface area contributed by atoms with E-state index in [1.54, 1.807) is 6.08 Å². The highest BCUT2D eigenvalue weighted by atomic mass is 35.5. The van der Waals surface area contributed by atoms with Crippen LogP contribution in [0.5, 0.6) is 0 Å². The number of rotatable bonds is 4. The highest BCUT2D eigenvalue weighted by molar-refractivity contribution is 7.16. The molecule has 0 bridgehead atoms. The van der Waals surface area contributed by atoms with Gasteiger partial charge in [-0.3, -0.25) is 4.79 Å². The van der Waals surface area contributed by atoms with Crippen LogP contribution in [-0.4, -0.2) is 10.5 Å². The molecule has 0 saturated heterocycles. The van der Waals surface area contributed by atoms with Gasteiger partial charge in [-0.05, 0) is 55.7 Å². The second-order valence-corrected chi connectivity index (χ2v) is 7.90. The van der Waals surface area contributed by atoms with Gasteiger partial charge in [0.05, 0.1) is 16.6 Å². The molecule has 1 aromatic heterocycles. The lowest BCUT2D eigenvalue weighted by atomic mass is 9.97. The van der Waals surface area contributed by atoms with Crippen molar-refractivity contribution in [1.29, 1.82) is 0 Å². The number of fused-ring (bicyclic) bond motifs is 1. The van der Waals surface area contributed by atoms with Gasteiger partial charge in [0.25, 0.3) is 5.91 Å². The van der Waals surface area contributed by atoms with Gasteiger partial charge in [0.1, 0.15) is 0 Å². The van der Waals surface area contributed by atoms with Crippen LogP contribution in [0.2, 0.25) is 5.02 Å². The highest BCUT2D eigenvalue weighted by Crippen LogP contribution is 2.22. The second kappa shape index (κ2) is 7.60. The van der Waals surface area contributed by atoms with Crippen molar-refractivity contribution < 1.29 is 4.79 Å². The molecule has 0 aliphatic rings. The van der Waals surface area contributed by atoms with E-state index < -0.39 is 0 Å². The van der Waals surface area contributed by atoms with E-state index in [-0.39, 0.29) is 5.91 Å². The lowest BCUT2D eigenvalue weighted by Gasteiger charge is -2.09. The molecule has 26 heavy (non-hydrogen) atoms. The number of aromatic nitrogens is 1. The van der Waals surface area contributed by atoms with Crippen LogP contribution in [0.3, 0.4) is 0 Å². The lowest BCUT2D eigenvalue weighted by Crippen LogP contribution is -2.17. The topological polar surface area (TPSA) is 34.4 Å². The van der Waals surface area contributed by atoms with Crippen LogP contribution in [0.25, 0.3) is 10.2 Å². The van der Waals surface area contributed by atoms with Gasteiger partial charge in [-0.2, -0.15) is 4.99 Å². The molecular formula is C21H21ClN2OS. The minimum Gasteiger partial charge on any atom is -0.313 e. The van der Waals surface area contributed by atoms with E-state index in [1.807, 2.05) is 36.6 Å². The maximum Gasteiger partial charge on any atom is 0.252 e. The molecule has 0 fully saturated rings. The summed E-state index contributed by atoms with van der Waals surface area (Å²) in [6.45, 7) is 10.6. The number of amides is 1. The van der Waals surface area contributed by atoms with Crippen molar-refractivity contribution in [2.45, 2.75) is 33.7 Å². The Morgan fingerprint density at radius 3 is 2.58 bits per heavy atom. The first-order chi connectivity index (χ1) is 12.4. The van der Waals surface area contributed by atoms with Crippen LogP contribution >= 0.6 is 22.9 Å². The molecule has 0 atom stereocenters. The first-order valence-corrected chi connectivity index (χ1v) is 9.62. The minimum absolute atomic E-state index is 0.143. The number of carbonyl (C=O) groups is 1. The Kier molecular flexibility index (Phi) is 5.44. The van der Waals surface area contributed by atoms with E-state index in [0.717, 1.165) is 26.9 Å². The largest absolute Gasteiger partial charge is 0.313 e. The van der Waals surface area contributed by atoms with Crippen molar-refractivity contribution in [2.75, 3.05) is 0 Å². The average molecular weight is 385 g/mol. The maximum atomic E-state index is 12.6. The molecule has 0 N–H and O–H groups in total. The van der Waals surface area contributed by atoms with Crippen molar-refractivity contribution in [1.82, 2.24) is 4.57 Å². The van der Waals surface area contributed by atoms with Crippen molar-refractivity contribution in [3.63, 3.8) is 0 Å². The number of benzene rings is 2. The second-order valence-electron chi connectivity index (χ2n) is 6.46. The zero-order valence-electron chi connectivity index (χ0n) is 15.2. The van der Waals surface area contributed by atoms with Crippen molar-refractivity contribution >= 4 is 39.1 Å². The summed E-state index contributed by atoms with van der Waals surface area (Å²) in [4.78, 5) is 17.7. The number of nitrogens with zero attached hydrogens (tertiary/aromatic N) is 2. The van der Waals surface area contributed by atoms with Gasteiger partial charge in [-0.25, -0.2) is 0 Å². The van der Waals surface area contributed by atoms with Crippen molar-refractivity contribution in [2.24, 2.45) is 4.99 Å². The summed E-state index contributed by atoms with van der Waals surface area (Å²) in [7, 11) is 0. The van der Waals surface area contributed by atoms with Gasteiger partial charge >= 0.3 is 0 Å². The van der Waals surface area contributed by atoms with Crippen LogP contribution in [0.15, 0.2) is 48.0 Å². The molecule has 0 radical (unpaired) electrons. The van der Waals surface area contributed by atoms with E-state index in [9.17, 15) is 4.79 Å². The third kappa shape index (κ3) is 3.81. The standard InChI is InChI=1S/C21H21ClN2OS/c1-5-8-24-18-7-6-16(22)11-19(18)26-21(24)23-20(25)12-17-14(3)9-13(2)10-15(17)4/h5-7,9-11H,1,8,12H2,2-4H3. The summed E-state index contributed by atoms with van der Waals surface area (Å²) < 4.78 is 3.00. The first kappa shape index (κ1) is 18.6. The molecule has 3 nitrogen and oxygen atoms in total. The number of thiazole rings is 1. The zero-order chi connectivity index (χ0) is 18.8. The summed E-state index contributed by atoms with van der Waals surface area (Å²) in [6.07, 6.45) is 2.11. The van der Waals surface area contributed by atoms with Gasteiger partial charge < -0.3 is 4.57 Å². The molecular weight excluding hydrogens is 364 g/mol. The Labute approximate surface area is 162 Å². The normalized spacial score (nSPS) is 11.9. The molecule has 3 rings (SSSR count). The Morgan fingerprint density at radius 1 is 1.23 bits per heavy atom. The minimum atomic E-state index is -0.143. The van der Waals surface area contributed by atoms with Crippen LogP contribution in [0.1, 0.15) is 22.3 Å². The number of hydrogen-bond acceptors (Lipinski definition) is 2. The van der Waals surface area contributed by atoms with E-state index >= 15 is 0 Å². The number of aryl methyl sites for hydroxylation is 3. The fourth-order valence-electron chi connectivity index (χ4n) is 3.22. The van der Waals surface area contributed by atoms with Crippen LogP contribution in [-0.2, 0) is 17.8 Å². The average Bonchev–Trinajstić information content (AvgIpc) is 2.87. The van der Waals surface area contributed by atoms with Crippen molar-refractivity contribution in [3.05, 3.63) is 75.1 Å². The summed E-state index contributed by atoms with van der Waals surface area (Å²) in [5, 5.41) is 0.674. The van der Waals surface area contributed by atoms with Gasteiger partial charge in [0.2, 0.25) is 0 Å². The molecule has 0 aliphatic carbocycles. The van der Waals surface area contributed by atoms with Gasteiger partial charge in [0, 0.05) is 11.6 Å². The maximum absolute atomic E-state index is 12.6. The summed E-state index contributed by atoms with van der Waals surface area (Å²) >= 11 is 7.57. The smallest absolute Gasteiger partial charge is 0.252 e. The summed E-state index contributed by atoms with van der Waals surface area (Å²) in [5.74, 6) is -0.143. The SMILES string of the molecule is C=CCn1c(=NC(=O)Cc2c(C)cc(C)cc2C)sc2cc(Cl)ccc21. The zero-order valence-corrected chi connectivity index (χ0v) is 16.7. The predicted octanol–water partition coefficient (Wildman–Crippen LogP) is 5.14. The van der Waals surface area contributed by atoms with Crippen LogP contribution in [0.4, 0.5) is 0 Å². The third-order valence-electron chi connectivity index (χ3n) is 4.35. The van der Waals surface area contributed by atoms with Gasteiger partial charge in [-0.1, -0.05) is 46.7 Å². The van der Waals surface area contributed by atoms with E-state index in [0.29, 0.717) is 22.8 Å². The molecule has 1 heterocycles. The van der Waals surface area contributed by atoms with E-state index in [4.69, 9.17) is 11.6 Å². The molecule has 0 saturated carbocycles. The summed E-state index contributed by atoms with van der Waals surface area (Å²) in [5.41, 5.74) is 5.54. The summed E-state index contributed by atoms with van der Waals surface area (Å²) in [6, 6.07) is 9.92. The molecule has 5 heteroatoms. The Bertz CT molecular complexity index is 1050. The number of carbonyl (C=O) groups excluding carboxylic acids is 1. The first-order valence-electron chi connectivity index (χ1n) is 8.43. The fourth-order valence-corrected chi connectivity index (χ4v) is 4.56. The number of halogens is 1. The van der Waals surface area contributed by atoms with Crippen molar-refractivity contribution in [3.8, 4) is 0 Å². The van der Waals surface area contributed by atoms with E-state index in [1.165, 1.54) is 16.9 Å². The van der Waals surface area contributed by atoms with Crippen LogP contribution < -0.4 is 4.80 Å². The molecule has 1 amide bonds. The number of hydrogen-bond donors (Lipinski definition) is 0. The third-order valence-corrected chi connectivity index (χ3v) is 5.62. The molecule has 134 valence electrons. The Balaban J connectivity index is 2.03. The Morgan fingerprint density at radius 2 is 1.92 bits per heavy atom. The monoisotopic (exact) mass is 384 g/mol. The quantitative estimate of drug-likeness (QED) is 0.573.